The average Bonchev–Trinajstić information content (AvgIpc) is 2.15. The molecule has 0 aromatic heterocycles. The molecule has 0 aliphatic heterocycles. The van der Waals surface area contributed by atoms with Crippen LogP contribution in [-0.2, 0) is 23.9 Å². The molecule has 0 atom stereocenters. The van der Waals surface area contributed by atoms with Crippen molar-refractivity contribution in [2.24, 2.45) is 5.73 Å². The molecule has 0 bridgehead atoms. The van der Waals surface area contributed by atoms with Crippen molar-refractivity contribution in [3.63, 3.8) is 0 Å². The van der Waals surface area contributed by atoms with Crippen LogP contribution in [0, 0.1) is 5.41 Å². The minimum absolute atomic E-state index is 0.750. The minimum atomic E-state index is -1.32. The second-order valence-corrected chi connectivity index (χ2v) is 1.63. The zero-order valence-corrected chi connectivity index (χ0v) is 7.20. The van der Waals surface area contributed by atoms with Crippen molar-refractivity contribution in [1.82, 2.24) is 0 Å². The lowest BCUT2D eigenvalue weighted by molar-refractivity contribution is -0.153. The molecule has 0 aromatic carbocycles. The van der Waals surface area contributed by atoms with Crippen molar-refractivity contribution < 1.29 is 23.9 Å². The summed E-state index contributed by atoms with van der Waals surface area (Å²) in [6, 6.07) is -1.32. The number of rotatable bonds is 2. The zero-order valence-electron chi connectivity index (χ0n) is 7.20. The fraction of sp³-hybridized carbons (Fsp3) is 0.500. The van der Waals surface area contributed by atoms with Gasteiger partial charge in [0.2, 0.25) is 12.1 Å². The molecule has 0 aliphatic rings. The van der Waals surface area contributed by atoms with Crippen molar-refractivity contribution in [1.29, 1.82) is 5.41 Å². The normalized spacial score (nSPS) is 7.69. The highest BCUT2D eigenvalue weighted by Gasteiger charge is 2.22. The average molecular weight is 190 g/mol. The molecule has 0 amide bonds. The maximum Gasteiger partial charge on any atom is 0.334 e. The molecule has 74 valence electrons. The Balaban J connectivity index is 0. The van der Waals surface area contributed by atoms with Crippen molar-refractivity contribution in [2.45, 2.75) is 6.04 Å². The van der Waals surface area contributed by atoms with E-state index in [9.17, 15) is 9.59 Å². The SMILES string of the molecule is COC(=O)C(N)C(=O)OC.N=C=O. The van der Waals surface area contributed by atoms with Crippen molar-refractivity contribution in [3.8, 4) is 0 Å². The minimum Gasteiger partial charge on any atom is -0.467 e. The van der Waals surface area contributed by atoms with Gasteiger partial charge in [0.15, 0.2) is 0 Å². The fourth-order valence-electron chi connectivity index (χ4n) is 0.350. The Hall–Kier alpha value is -1.72. The summed E-state index contributed by atoms with van der Waals surface area (Å²) < 4.78 is 8.34. The van der Waals surface area contributed by atoms with Gasteiger partial charge in [-0.15, -0.1) is 0 Å². The van der Waals surface area contributed by atoms with Gasteiger partial charge in [0.25, 0.3) is 0 Å². The lowest BCUT2D eigenvalue weighted by Crippen LogP contribution is -2.40. The van der Waals surface area contributed by atoms with Crippen LogP contribution in [0.5, 0.6) is 0 Å². The molecule has 0 saturated carbocycles. The van der Waals surface area contributed by atoms with Crippen LogP contribution < -0.4 is 5.73 Å². The number of esters is 2. The Morgan fingerprint density at radius 1 is 1.31 bits per heavy atom. The van der Waals surface area contributed by atoms with Gasteiger partial charge in [-0.05, 0) is 0 Å². The number of nitrogens with one attached hydrogen (secondary N) is 1. The molecule has 7 nitrogen and oxygen atoms in total. The standard InChI is InChI=1S/C5H9NO4.CHNO/c1-9-4(7)3(6)5(8)10-2;2-1-3/h3H,6H2,1-2H3;2H. The van der Waals surface area contributed by atoms with Gasteiger partial charge in [-0.3, -0.25) is 0 Å². The van der Waals surface area contributed by atoms with Crippen molar-refractivity contribution >= 4 is 18.0 Å². The number of methoxy groups -OCH3 is 2. The summed E-state index contributed by atoms with van der Waals surface area (Å²) in [5.41, 5.74) is 5.03. The molecule has 0 aliphatic carbocycles. The van der Waals surface area contributed by atoms with Crippen molar-refractivity contribution in [2.75, 3.05) is 14.2 Å². The zero-order chi connectivity index (χ0) is 10.9. The molecule has 0 fully saturated rings. The first-order valence-electron chi connectivity index (χ1n) is 3.00. The van der Waals surface area contributed by atoms with Crippen molar-refractivity contribution in [3.05, 3.63) is 0 Å². The van der Waals surface area contributed by atoms with Crippen LogP contribution >= 0.6 is 0 Å². The van der Waals surface area contributed by atoms with Crippen LogP contribution in [-0.4, -0.2) is 38.3 Å². The Morgan fingerprint density at radius 3 is 1.69 bits per heavy atom. The summed E-state index contributed by atoms with van der Waals surface area (Å²) in [4.78, 5) is 29.3. The molecule has 0 saturated heterocycles. The van der Waals surface area contributed by atoms with E-state index >= 15 is 0 Å². The molecule has 0 radical (unpaired) electrons. The molecule has 0 unspecified atom stereocenters. The molecule has 0 heterocycles. The maximum absolute atomic E-state index is 10.5. The highest BCUT2D eigenvalue weighted by molar-refractivity contribution is 5.98. The highest BCUT2D eigenvalue weighted by atomic mass is 16.5. The number of carbonyl (C=O) groups excluding carboxylic acids is 3. The van der Waals surface area contributed by atoms with Crippen LogP contribution in [0.15, 0.2) is 0 Å². The van der Waals surface area contributed by atoms with Gasteiger partial charge in [0.1, 0.15) is 0 Å². The second kappa shape index (κ2) is 8.38. The Bertz CT molecular complexity index is 193. The third-order valence-electron chi connectivity index (χ3n) is 0.910. The van der Waals surface area contributed by atoms with Crippen LogP contribution in [0.3, 0.4) is 0 Å². The number of carbonyl (C=O) groups is 2. The first kappa shape index (κ1) is 13.8. The third kappa shape index (κ3) is 6.67. The van der Waals surface area contributed by atoms with E-state index in [1.54, 1.807) is 0 Å². The summed E-state index contributed by atoms with van der Waals surface area (Å²) in [5, 5.41) is 5.40. The van der Waals surface area contributed by atoms with E-state index in [1.165, 1.54) is 0 Å². The lowest BCUT2D eigenvalue weighted by Gasteiger charge is -2.04. The van der Waals surface area contributed by atoms with E-state index in [0.717, 1.165) is 20.3 Å². The lowest BCUT2D eigenvalue weighted by atomic mass is 10.3. The Morgan fingerprint density at radius 2 is 1.54 bits per heavy atom. The summed E-state index contributed by atoms with van der Waals surface area (Å²) in [6.07, 6.45) is 0.750. The second-order valence-electron chi connectivity index (χ2n) is 1.63. The number of isocyanates is 1. The molecule has 0 spiro atoms. The smallest absolute Gasteiger partial charge is 0.334 e. The first-order chi connectivity index (χ1) is 6.04. The highest BCUT2D eigenvalue weighted by Crippen LogP contribution is 1.85. The number of nitrogens with two attached hydrogens (primary N) is 1. The van der Waals surface area contributed by atoms with Crippen LogP contribution in [0.25, 0.3) is 0 Å². The predicted octanol–water partition coefficient (Wildman–Crippen LogP) is -1.44. The summed E-state index contributed by atoms with van der Waals surface area (Å²) in [5.74, 6) is -1.60. The van der Waals surface area contributed by atoms with E-state index in [-0.39, 0.29) is 0 Å². The molecular formula is C6H10N2O5. The van der Waals surface area contributed by atoms with E-state index < -0.39 is 18.0 Å². The Kier molecular flexibility index (Phi) is 8.92. The van der Waals surface area contributed by atoms with E-state index in [0.29, 0.717) is 0 Å². The quantitative estimate of drug-likeness (QED) is 0.238. The molecule has 13 heavy (non-hydrogen) atoms. The monoisotopic (exact) mass is 190 g/mol. The first-order valence-corrected chi connectivity index (χ1v) is 3.00. The molecule has 0 rings (SSSR count). The van der Waals surface area contributed by atoms with Gasteiger partial charge in [0, 0.05) is 0 Å². The number of hydrogen-bond acceptors (Lipinski definition) is 7. The summed E-state index contributed by atoms with van der Waals surface area (Å²) >= 11 is 0. The van der Waals surface area contributed by atoms with Crippen LogP contribution in [0.1, 0.15) is 0 Å². The largest absolute Gasteiger partial charge is 0.467 e. The molecule has 3 N–H and O–H groups in total. The number of hydrogen-bond donors (Lipinski definition) is 2. The van der Waals surface area contributed by atoms with E-state index in [2.05, 4.69) is 9.47 Å². The van der Waals surface area contributed by atoms with Gasteiger partial charge in [-0.1, -0.05) is 0 Å². The van der Waals surface area contributed by atoms with E-state index in [4.69, 9.17) is 15.9 Å². The summed E-state index contributed by atoms with van der Waals surface area (Å²) in [6.45, 7) is 0. The summed E-state index contributed by atoms with van der Waals surface area (Å²) in [7, 11) is 2.29. The van der Waals surface area contributed by atoms with Gasteiger partial charge in [-0.2, -0.15) is 0 Å². The van der Waals surface area contributed by atoms with E-state index in [1.807, 2.05) is 0 Å². The number of ether oxygens (including phenoxy) is 2. The van der Waals surface area contributed by atoms with Gasteiger partial charge in [-0.25, -0.2) is 19.8 Å². The molecular weight excluding hydrogens is 180 g/mol. The van der Waals surface area contributed by atoms with Gasteiger partial charge >= 0.3 is 11.9 Å². The topological polar surface area (TPSA) is 120 Å². The molecule has 7 heteroatoms. The molecule has 0 aromatic rings. The van der Waals surface area contributed by atoms with Crippen LogP contribution in [0.2, 0.25) is 0 Å². The third-order valence-corrected chi connectivity index (χ3v) is 0.910. The Labute approximate surface area is 74.3 Å². The predicted molar refractivity (Wildman–Crippen MR) is 40.4 cm³/mol. The maximum atomic E-state index is 10.5. The van der Waals surface area contributed by atoms with Gasteiger partial charge in [0.05, 0.1) is 14.2 Å². The van der Waals surface area contributed by atoms with Gasteiger partial charge < -0.3 is 15.2 Å². The van der Waals surface area contributed by atoms with Crippen LogP contribution in [0.4, 0.5) is 0 Å². The fourth-order valence-corrected chi connectivity index (χ4v) is 0.350.